The van der Waals surface area contributed by atoms with Gasteiger partial charge in [0.15, 0.2) is 0 Å². The van der Waals surface area contributed by atoms with E-state index in [1.165, 1.54) is 56.4 Å². The third-order valence-electron chi connectivity index (χ3n) is 4.08. The SMILES string of the molecule is Cl.N[C@@H](CC1CC1)c1ccc(N2CCCC2)cc1. The number of rotatable bonds is 4. The summed E-state index contributed by atoms with van der Waals surface area (Å²) in [6.07, 6.45) is 6.62. The smallest absolute Gasteiger partial charge is 0.0366 e. The molecule has 3 rings (SSSR count). The number of hydrogen-bond donors (Lipinski definition) is 1. The average Bonchev–Trinajstić information content (AvgIpc) is 3.00. The lowest BCUT2D eigenvalue weighted by atomic mass is 10.0. The zero-order chi connectivity index (χ0) is 11.7. The number of halogens is 1. The zero-order valence-electron chi connectivity index (χ0n) is 10.8. The van der Waals surface area contributed by atoms with Crippen molar-refractivity contribution in [3.63, 3.8) is 0 Å². The summed E-state index contributed by atoms with van der Waals surface area (Å²) < 4.78 is 0. The lowest BCUT2D eigenvalue weighted by molar-refractivity contribution is 0.597. The quantitative estimate of drug-likeness (QED) is 0.904. The maximum atomic E-state index is 6.23. The summed E-state index contributed by atoms with van der Waals surface area (Å²) >= 11 is 0. The molecule has 18 heavy (non-hydrogen) atoms. The maximum absolute atomic E-state index is 6.23. The summed E-state index contributed by atoms with van der Waals surface area (Å²) in [5.74, 6) is 0.906. The predicted octanol–water partition coefficient (Wildman–Crippen LogP) is 3.51. The van der Waals surface area contributed by atoms with Crippen LogP contribution in [0.3, 0.4) is 0 Å². The van der Waals surface area contributed by atoms with E-state index < -0.39 is 0 Å². The molecule has 0 aromatic heterocycles. The van der Waals surface area contributed by atoms with E-state index in [1.54, 1.807) is 0 Å². The summed E-state index contributed by atoms with van der Waals surface area (Å²) in [5.41, 5.74) is 8.90. The molecule has 1 heterocycles. The lowest BCUT2D eigenvalue weighted by Gasteiger charge is -2.19. The molecular formula is C15H23ClN2. The van der Waals surface area contributed by atoms with Gasteiger partial charge < -0.3 is 10.6 Å². The van der Waals surface area contributed by atoms with Gasteiger partial charge >= 0.3 is 0 Å². The van der Waals surface area contributed by atoms with Crippen molar-refractivity contribution in [1.29, 1.82) is 0 Å². The molecule has 2 aliphatic rings. The van der Waals surface area contributed by atoms with Gasteiger partial charge in [-0.15, -0.1) is 12.4 Å². The molecule has 1 saturated carbocycles. The highest BCUT2D eigenvalue weighted by Gasteiger charge is 2.24. The summed E-state index contributed by atoms with van der Waals surface area (Å²) in [6.45, 7) is 2.43. The number of nitrogens with two attached hydrogens (primary N) is 1. The third kappa shape index (κ3) is 3.18. The van der Waals surface area contributed by atoms with Crippen molar-refractivity contribution in [2.24, 2.45) is 11.7 Å². The first-order chi connectivity index (χ1) is 8.33. The predicted molar refractivity (Wildman–Crippen MR) is 79.4 cm³/mol. The average molecular weight is 267 g/mol. The Morgan fingerprint density at radius 1 is 1.11 bits per heavy atom. The second-order valence-electron chi connectivity index (χ2n) is 5.57. The first-order valence-corrected chi connectivity index (χ1v) is 6.93. The van der Waals surface area contributed by atoms with Crippen LogP contribution in [-0.4, -0.2) is 13.1 Å². The van der Waals surface area contributed by atoms with E-state index in [0.29, 0.717) is 0 Å². The molecule has 0 radical (unpaired) electrons. The van der Waals surface area contributed by atoms with Crippen LogP contribution in [0.2, 0.25) is 0 Å². The summed E-state index contributed by atoms with van der Waals surface area (Å²) in [4.78, 5) is 2.47. The minimum atomic E-state index is 0. The van der Waals surface area contributed by atoms with Crippen LogP contribution >= 0.6 is 12.4 Å². The molecule has 2 N–H and O–H groups in total. The number of nitrogens with zero attached hydrogens (tertiary/aromatic N) is 1. The van der Waals surface area contributed by atoms with Gasteiger partial charge in [0.25, 0.3) is 0 Å². The summed E-state index contributed by atoms with van der Waals surface area (Å²) in [7, 11) is 0. The van der Waals surface area contributed by atoms with Crippen LogP contribution in [0.15, 0.2) is 24.3 Å². The van der Waals surface area contributed by atoms with Crippen LogP contribution in [-0.2, 0) is 0 Å². The largest absolute Gasteiger partial charge is 0.372 e. The highest BCUT2D eigenvalue weighted by Crippen LogP contribution is 2.37. The molecule has 1 aromatic carbocycles. The van der Waals surface area contributed by atoms with Gasteiger partial charge in [0.1, 0.15) is 0 Å². The molecule has 3 heteroatoms. The Bertz CT molecular complexity index is 367. The Morgan fingerprint density at radius 2 is 1.72 bits per heavy atom. The van der Waals surface area contributed by atoms with Gasteiger partial charge in [-0.1, -0.05) is 25.0 Å². The van der Waals surface area contributed by atoms with Gasteiger partial charge in [-0.05, 0) is 42.9 Å². The molecule has 1 saturated heterocycles. The van der Waals surface area contributed by atoms with Gasteiger partial charge in [-0.25, -0.2) is 0 Å². The van der Waals surface area contributed by atoms with Crippen LogP contribution in [0.1, 0.15) is 43.7 Å². The van der Waals surface area contributed by atoms with Crippen molar-refractivity contribution < 1.29 is 0 Å². The van der Waals surface area contributed by atoms with E-state index in [2.05, 4.69) is 29.2 Å². The Hall–Kier alpha value is -0.730. The summed E-state index contributed by atoms with van der Waals surface area (Å²) in [5, 5.41) is 0. The Balaban J connectivity index is 0.00000120. The van der Waals surface area contributed by atoms with Crippen molar-refractivity contribution in [2.75, 3.05) is 18.0 Å². The fourth-order valence-electron chi connectivity index (χ4n) is 2.76. The van der Waals surface area contributed by atoms with Gasteiger partial charge in [0, 0.05) is 24.8 Å². The molecule has 1 aromatic rings. The van der Waals surface area contributed by atoms with Gasteiger partial charge in [-0.2, -0.15) is 0 Å². The van der Waals surface area contributed by atoms with E-state index in [0.717, 1.165) is 5.92 Å². The molecule has 2 fully saturated rings. The van der Waals surface area contributed by atoms with Crippen LogP contribution in [0.5, 0.6) is 0 Å². The van der Waals surface area contributed by atoms with E-state index >= 15 is 0 Å². The first kappa shape index (κ1) is 13.7. The number of benzene rings is 1. The second-order valence-corrected chi connectivity index (χ2v) is 5.57. The Kier molecular flexibility index (Phi) is 4.52. The number of anilines is 1. The van der Waals surface area contributed by atoms with Gasteiger partial charge in [0.05, 0.1) is 0 Å². The van der Waals surface area contributed by atoms with Gasteiger partial charge in [0.2, 0.25) is 0 Å². The molecule has 0 amide bonds. The van der Waals surface area contributed by atoms with E-state index in [9.17, 15) is 0 Å². The fourth-order valence-corrected chi connectivity index (χ4v) is 2.76. The Labute approximate surface area is 116 Å². The van der Waals surface area contributed by atoms with Crippen molar-refractivity contribution in [2.45, 2.75) is 38.1 Å². The van der Waals surface area contributed by atoms with Crippen molar-refractivity contribution >= 4 is 18.1 Å². The second kappa shape index (κ2) is 5.94. The fraction of sp³-hybridized carbons (Fsp3) is 0.600. The van der Waals surface area contributed by atoms with Crippen molar-refractivity contribution in [3.05, 3.63) is 29.8 Å². The minimum Gasteiger partial charge on any atom is -0.372 e. The number of hydrogen-bond acceptors (Lipinski definition) is 2. The van der Waals surface area contributed by atoms with Crippen molar-refractivity contribution in [1.82, 2.24) is 0 Å². The van der Waals surface area contributed by atoms with Crippen LogP contribution in [0, 0.1) is 5.92 Å². The Morgan fingerprint density at radius 3 is 2.28 bits per heavy atom. The molecule has 1 aliphatic heterocycles. The standard InChI is InChI=1S/C15H22N2.ClH/c16-15(11-12-3-4-12)13-5-7-14(8-6-13)17-9-1-2-10-17;/h5-8,12,15H,1-4,9-11,16H2;1H/t15-;/m0./s1. The highest BCUT2D eigenvalue weighted by molar-refractivity contribution is 5.85. The molecule has 0 spiro atoms. The first-order valence-electron chi connectivity index (χ1n) is 6.93. The summed E-state index contributed by atoms with van der Waals surface area (Å²) in [6, 6.07) is 9.18. The molecule has 0 unspecified atom stereocenters. The highest BCUT2D eigenvalue weighted by atomic mass is 35.5. The minimum absolute atomic E-state index is 0. The zero-order valence-corrected chi connectivity index (χ0v) is 11.7. The maximum Gasteiger partial charge on any atom is 0.0366 e. The topological polar surface area (TPSA) is 29.3 Å². The van der Waals surface area contributed by atoms with Crippen molar-refractivity contribution in [3.8, 4) is 0 Å². The molecule has 2 nitrogen and oxygen atoms in total. The lowest BCUT2D eigenvalue weighted by Crippen LogP contribution is -2.17. The molecule has 1 atom stereocenters. The van der Waals surface area contributed by atoms with Crippen LogP contribution < -0.4 is 10.6 Å². The molecular weight excluding hydrogens is 244 g/mol. The van der Waals surface area contributed by atoms with E-state index in [4.69, 9.17) is 5.73 Å². The van der Waals surface area contributed by atoms with Gasteiger partial charge in [-0.3, -0.25) is 0 Å². The van der Waals surface area contributed by atoms with Crippen LogP contribution in [0.25, 0.3) is 0 Å². The van der Waals surface area contributed by atoms with Crippen LogP contribution in [0.4, 0.5) is 5.69 Å². The van der Waals surface area contributed by atoms with E-state index in [-0.39, 0.29) is 18.4 Å². The molecule has 1 aliphatic carbocycles. The molecule has 100 valence electrons. The molecule has 0 bridgehead atoms. The third-order valence-corrected chi connectivity index (χ3v) is 4.08. The van der Waals surface area contributed by atoms with E-state index in [1.807, 2.05) is 0 Å². The monoisotopic (exact) mass is 266 g/mol. The normalized spacial score (nSPS) is 20.6.